The fourth-order valence-corrected chi connectivity index (χ4v) is 13.4. The van der Waals surface area contributed by atoms with Gasteiger partial charge in [0.05, 0.1) is 5.41 Å². The Hall–Kier alpha value is -8.34. The number of fused-ring (bicyclic) bond motifs is 7. The highest BCUT2D eigenvalue weighted by molar-refractivity contribution is 7.00. The SMILES string of the molecule is CC(C)(C)c1ccc(N(c2ccccc2)c2ccc3c(c2)N(c2ccc(C(C)(C)C)cc2)c2cc(C(C)(C)C)cc4c2B3c2cc(C(C)(C)C)ccc2N4c2ccc3c(c2)C(c2ccccc2)(c2ccccc2)c2ccccc2-3)cc1. The van der Waals surface area contributed by atoms with Gasteiger partial charge < -0.3 is 14.7 Å². The van der Waals surface area contributed by atoms with E-state index in [0.29, 0.717) is 0 Å². The average molecular weight is 1050 g/mol. The number of hydrogen-bond donors (Lipinski definition) is 0. The Balaban J connectivity index is 1.11. The van der Waals surface area contributed by atoms with E-state index in [1.807, 2.05) is 0 Å². The Bertz CT molecular complexity index is 3980. The lowest BCUT2D eigenvalue weighted by atomic mass is 9.33. The molecule has 0 saturated carbocycles. The van der Waals surface area contributed by atoms with E-state index < -0.39 is 5.41 Å². The summed E-state index contributed by atoms with van der Waals surface area (Å²) in [5, 5.41) is 0. The summed E-state index contributed by atoms with van der Waals surface area (Å²) in [7, 11) is 0. The highest BCUT2D eigenvalue weighted by atomic mass is 15.2. The van der Waals surface area contributed by atoms with Gasteiger partial charge in [0.15, 0.2) is 0 Å². The standard InChI is InChI=1S/C77H74BN3/c1-73(2,3)51-32-37-58(38-33-51)79(57-28-20-15-21-29-57)61-42-44-66-69(50-61)80(59-39-34-52(35-40-59)74(4,5)6)70-47-56(76(10,11)12)48-71-72(70)78(66)67-46-55(75(7,8)9)36-45-68(67)81(71)60-41-43-63-62-30-22-23-31-64(62)77(65(63)49-60,53-24-16-13-17-25-53)54-26-18-14-19-27-54/h13-50H,1-12H3. The topological polar surface area (TPSA) is 9.72 Å². The molecule has 10 aromatic carbocycles. The highest BCUT2D eigenvalue weighted by Crippen LogP contribution is 2.58. The summed E-state index contributed by atoms with van der Waals surface area (Å²) in [5.41, 5.74) is 26.5. The maximum atomic E-state index is 2.63. The molecule has 0 atom stereocenters. The van der Waals surface area contributed by atoms with Crippen molar-refractivity contribution >= 4 is 74.3 Å². The Morgan fingerprint density at radius 1 is 0.321 bits per heavy atom. The van der Waals surface area contributed by atoms with Gasteiger partial charge in [0, 0.05) is 51.2 Å². The molecule has 0 saturated heterocycles. The molecule has 0 radical (unpaired) electrons. The van der Waals surface area contributed by atoms with Gasteiger partial charge in [-0.1, -0.05) is 235 Å². The van der Waals surface area contributed by atoms with E-state index in [1.165, 1.54) is 94.8 Å². The van der Waals surface area contributed by atoms with Gasteiger partial charge >= 0.3 is 0 Å². The van der Waals surface area contributed by atoms with E-state index in [9.17, 15) is 0 Å². The molecule has 2 heterocycles. The third-order valence-electron chi connectivity index (χ3n) is 17.7. The predicted molar refractivity (Wildman–Crippen MR) is 347 cm³/mol. The van der Waals surface area contributed by atoms with Crippen LogP contribution >= 0.6 is 0 Å². The second-order valence-electron chi connectivity index (χ2n) is 27.1. The van der Waals surface area contributed by atoms with Crippen molar-refractivity contribution in [2.45, 2.75) is 110 Å². The monoisotopic (exact) mass is 1050 g/mol. The van der Waals surface area contributed by atoms with Crippen LogP contribution in [0.4, 0.5) is 51.2 Å². The van der Waals surface area contributed by atoms with Crippen LogP contribution in [0.15, 0.2) is 231 Å². The van der Waals surface area contributed by atoms with Crippen LogP contribution in [0.3, 0.4) is 0 Å². The highest BCUT2D eigenvalue weighted by Gasteiger charge is 2.48. The van der Waals surface area contributed by atoms with Crippen LogP contribution in [0.5, 0.6) is 0 Å². The molecule has 0 fully saturated rings. The Morgan fingerprint density at radius 2 is 0.790 bits per heavy atom. The third-order valence-corrected chi connectivity index (χ3v) is 17.7. The number of benzene rings is 10. The molecular formula is C77H74BN3. The largest absolute Gasteiger partial charge is 0.311 e. The van der Waals surface area contributed by atoms with Crippen molar-refractivity contribution in [3.63, 3.8) is 0 Å². The molecule has 10 aromatic rings. The first-order chi connectivity index (χ1) is 38.7. The summed E-state index contributed by atoms with van der Waals surface area (Å²) in [6.45, 7) is 27.9. The molecule has 0 amide bonds. The summed E-state index contributed by atoms with van der Waals surface area (Å²) < 4.78 is 0. The van der Waals surface area contributed by atoms with Crippen molar-refractivity contribution in [1.82, 2.24) is 0 Å². The molecule has 3 aliphatic rings. The zero-order valence-electron chi connectivity index (χ0n) is 49.4. The molecule has 400 valence electrons. The summed E-state index contributed by atoms with van der Waals surface area (Å²) in [5.74, 6) is 0. The molecule has 0 spiro atoms. The minimum atomic E-state index is -0.552. The molecule has 1 aliphatic carbocycles. The van der Waals surface area contributed by atoms with Gasteiger partial charge in [-0.05, 0) is 173 Å². The van der Waals surface area contributed by atoms with Crippen LogP contribution in [0.25, 0.3) is 11.1 Å². The molecular weight excluding hydrogens is 978 g/mol. The number of rotatable bonds is 7. The number of hydrogen-bond acceptors (Lipinski definition) is 3. The van der Waals surface area contributed by atoms with E-state index in [-0.39, 0.29) is 28.4 Å². The Morgan fingerprint density at radius 3 is 1.37 bits per heavy atom. The zero-order valence-corrected chi connectivity index (χ0v) is 49.4. The van der Waals surface area contributed by atoms with Gasteiger partial charge in [-0.25, -0.2) is 0 Å². The summed E-state index contributed by atoms with van der Waals surface area (Å²) in [6, 6.07) is 88.2. The number of para-hydroxylation sites is 1. The molecule has 2 aliphatic heterocycles. The van der Waals surface area contributed by atoms with Crippen LogP contribution in [0, 0.1) is 0 Å². The molecule has 0 bridgehead atoms. The first kappa shape index (κ1) is 52.1. The fourth-order valence-electron chi connectivity index (χ4n) is 13.4. The second-order valence-corrected chi connectivity index (χ2v) is 27.1. The van der Waals surface area contributed by atoms with Gasteiger partial charge in [0.25, 0.3) is 6.71 Å². The molecule has 0 aromatic heterocycles. The van der Waals surface area contributed by atoms with Gasteiger partial charge in [-0.2, -0.15) is 0 Å². The minimum Gasteiger partial charge on any atom is -0.311 e. The maximum Gasteiger partial charge on any atom is 0.252 e. The van der Waals surface area contributed by atoms with Gasteiger partial charge in [-0.15, -0.1) is 0 Å². The predicted octanol–water partition coefficient (Wildman–Crippen LogP) is 18.8. The van der Waals surface area contributed by atoms with Crippen molar-refractivity contribution in [2.75, 3.05) is 14.7 Å². The van der Waals surface area contributed by atoms with Crippen molar-refractivity contribution in [3.05, 3.63) is 275 Å². The van der Waals surface area contributed by atoms with Gasteiger partial charge in [0.2, 0.25) is 0 Å². The lowest BCUT2D eigenvalue weighted by molar-refractivity contribution is 0.590. The smallest absolute Gasteiger partial charge is 0.252 e. The van der Waals surface area contributed by atoms with Crippen LogP contribution in [0.1, 0.15) is 128 Å². The first-order valence-electron chi connectivity index (χ1n) is 29.2. The Kier molecular flexibility index (Phi) is 12.1. The number of anilines is 9. The van der Waals surface area contributed by atoms with E-state index in [2.05, 4.69) is 328 Å². The Labute approximate surface area is 482 Å². The minimum absolute atomic E-state index is 0.00848. The van der Waals surface area contributed by atoms with E-state index >= 15 is 0 Å². The van der Waals surface area contributed by atoms with Crippen LogP contribution in [-0.4, -0.2) is 6.71 Å². The quantitative estimate of drug-likeness (QED) is 0.147. The lowest BCUT2D eigenvalue weighted by Crippen LogP contribution is -2.61. The first-order valence-corrected chi connectivity index (χ1v) is 29.2. The van der Waals surface area contributed by atoms with Crippen LogP contribution in [-0.2, 0) is 27.1 Å². The summed E-state index contributed by atoms with van der Waals surface area (Å²) in [4.78, 5) is 7.67. The van der Waals surface area contributed by atoms with Gasteiger partial charge in [-0.3, -0.25) is 0 Å². The molecule has 81 heavy (non-hydrogen) atoms. The molecule has 3 nitrogen and oxygen atoms in total. The molecule has 4 heteroatoms. The fraction of sp³-hybridized carbons (Fsp3) is 0.221. The third kappa shape index (κ3) is 8.55. The summed E-state index contributed by atoms with van der Waals surface area (Å²) >= 11 is 0. The molecule has 0 N–H and O–H groups in total. The molecule has 13 rings (SSSR count). The van der Waals surface area contributed by atoms with Crippen LogP contribution in [0.2, 0.25) is 0 Å². The number of nitrogens with zero attached hydrogens (tertiary/aromatic N) is 3. The van der Waals surface area contributed by atoms with Crippen molar-refractivity contribution < 1.29 is 0 Å². The van der Waals surface area contributed by atoms with Crippen molar-refractivity contribution in [2.24, 2.45) is 0 Å². The average Bonchev–Trinajstić information content (AvgIpc) is 3.83. The van der Waals surface area contributed by atoms with E-state index in [4.69, 9.17) is 0 Å². The van der Waals surface area contributed by atoms with E-state index in [1.54, 1.807) is 0 Å². The summed E-state index contributed by atoms with van der Waals surface area (Å²) in [6.07, 6.45) is 0. The van der Waals surface area contributed by atoms with Gasteiger partial charge in [0.1, 0.15) is 0 Å². The van der Waals surface area contributed by atoms with Crippen molar-refractivity contribution in [3.8, 4) is 11.1 Å². The molecule has 0 unspecified atom stereocenters. The van der Waals surface area contributed by atoms with Crippen molar-refractivity contribution in [1.29, 1.82) is 0 Å². The van der Waals surface area contributed by atoms with Crippen LogP contribution < -0.4 is 31.1 Å². The van der Waals surface area contributed by atoms with E-state index in [0.717, 1.165) is 28.4 Å². The lowest BCUT2D eigenvalue weighted by Gasteiger charge is -2.46. The normalized spacial score (nSPS) is 14.2. The zero-order chi connectivity index (χ0) is 56.4. The second kappa shape index (κ2) is 18.9. The maximum absolute atomic E-state index is 2.63.